The van der Waals surface area contributed by atoms with Gasteiger partial charge in [0.2, 0.25) is 0 Å². The van der Waals surface area contributed by atoms with Crippen molar-refractivity contribution in [3.63, 3.8) is 0 Å². The second-order valence-electron chi connectivity index (χ2n) is 6.34. The minimum absolute atomic E-state index is 0.0672. The third-order valence-electron chi connectivity index (χ3n) is 4.26. The van der Waals surface area contributed by atoms with Gasteiger partial charge in [0.15, 0.2) is 5.78 Å². The van der Waals surface area contributed by atoms with Gasteiger partial charge in [0.1, 0.15) is 5.75 Å². The highest BCUT2D eigenvalue weighted by molar-refractivity contribution is 5.96. The highest BCUT2D eigenvalue weighted by atomic mass is 16.3. The number of phenolic OH excluding ortho intramolecular Hbond substituents is 1. The summed E-state index contributed by atoms with van der Waals surface area (Å²) in [5.41, 5.74) is 1.60. The van der Waals surface area contributed by atoms with Crippen LogP contribution in [0.25, 0.3) is 0 Å². The van der Waals surface area contributed by atoms with Crippen LogP contribution in [0.5, 0.6) is 5.75 Å². The average Bonchev–Trinajstić information content (AvgIpc) is 2.50. The molecule has 0 aliphatic carbocycles. The Bertz CT molecular complexity index is 437. The molecule has 0 saturated heterocycles. The van der Waals surface area contributed by atoms with Crippen LogP contribution >= 0.6 is 0 Å². The zero-order valence-corrected chi connectivity index (χ0v) is 14.4. The number of carbonyl (C=O) groups excluding carboxylic acids is 1. The summed E-state index contributed by atoms with van der Waals surface area (Å²) >= 11 is 0. The van der Waals surface area contributed by atoms with Crippen molar-refractivity contribution < 1.29 is 9.90 Å². The summed E-state index contributed by atoms with van der Waals surface area (Å²) in [6, 6.07) is 5.41. The molecular weight excluding hydrogens is 272 g/mol. The van der Waals surface area contributed by atoms with Gasteiger partial charge in [-0.3, -0.25) is 4.79 Å². The largest absolute Gasteiger partial charge is 0.507 e. The minimum Gasteiger partial charge on any atom is -0.507 e. The lowest BCUT2D eigenvalue weighted by Gasteiger charge is -2.06. The molecule has 0 spiro atoms. The highest BCUT2D eigenvalue weighted by Crippen LogP contribution is 2.20. The van der Waals surface area contributed by atoms with Crippen molar-refractivity contribution in [1.29, 1.82) is 0 Å². The maximum absolute atomic E-state index is 11.4. The van der Waals surface area contributed by atoms with Crippen LogP contribution in [-0.4, -0.2) is 10.9 Å². The smallest absolute Gasteiger partial charge is 0.163 e. The quantitative estimate of drug-likeness (QED) is 0.376. The van der Waals surface area contributed by atoms with E-state index < -0.39 is 0 Å². The first kappa shape index (κ1) is 18.7. The summed E-state index contributed by atoms with van der Waals surface area (Å²) < 4.78 is 0. The van der Waals surface area contributed by atoms with Crippen molar-refractivity contribution >= 4 is 5.78 Å². The standard InChI is InChI=1S/C20H32O2/c1-3-4-5-6-7-8-9-10-11-12-13-18-14-15-20(22)19(16-18)17(2)21/h14-16,22H,3-13H2,1-2H3. The second-order valence-corrected chi connectivity index (χ2v) is 6.34. The molecule has 1 rings (SSSR count). The van der Waals surface area contributed by atoms with E-state index in [2.05, 4.69) is 6.92 Å². The number of phenols is 1. The van der Waals surface area contributed by atoms with Gasteiger partial charge in [0.05, 0.1) is 5.56 Å². The fourth-order valence-corrected chi connectivity index (χ4v) is 2.84. The fourth-order valence-electron chi connectivity index (χ4n) is 2.84. The molecule has 124 valence electrons. The Hall–Kier alpha value is -1.31. The van der Waals surface area contributed by atoms with Crippen LogP contribution in [0.4, 0.5) is 0 Å². The summed E-state index contributed by atoms with van der Waals surface area (Å²) in [4.78, 5) is 11.4. The van der Waals surface area contributed by atoms with Crippen LogP contribution in [-0.2, 0) is 6.42 Å². The van der Waals surface area contributed by atoms with Crippen molar-refractivity contribution in [2.75, 3.05) is 0 Å². The number of aromatic hydroxyl groups is 1. The molecule has 0 aliphatic rings. The molecule has 0 radical (unpaired) electrons. The minimum atomic E-state index is -0.0672. The van der Waals surface area contributed by atoms with Gasteiger partial charge in [-0.25, -0.2) is 0 Å². The van der Waals surface area contributed by atoms with Crippen molar-refractivity contribution in [2.45, 2.75) is 84.5 Å². The van der Waals surface area contributed by atoms with E-state index in [0.717, 1.165) is 18.4 Å². The Morgan fingerprint density at radius 2 is 1.45 bits per heavy atom. The molecule has 2 heteroatoms. The van der Waals surface area contributed by atoms with Gasteiger partial charge in [-0.05, 0) is 37.5 Å². The molecule has 0 saturated carbocycles. The fraction of sp³-hybridized carbons (Fsp3) is 0.650. The number of hydrogen-bond donors (Lipinski definition) is 1. The van der Waals surface area contributed by atoms with Crippen LogP contribution in [0.15, 0.2) is 18.2 Å². The van der Waals surface area contributed by atoms with Crippen molar-refractivity contribution in [2.24, 2.45) is 0 Å². The van der Waals surface area contributed by atoms with E-state index >= 15 is 0 Å². The number of hydrogen-bond acceptors (Lipinski definition) is 2. The topological polar surface area (TPSA) is 37.3 Å². The van der Waals surface area contributed by atoms with Gasteiger partial charge in [-0.15, -0.1) is 0 Å². The first-order chi connectivity index (χ1) is 10.6. The molecule has 1 aromatic carbocycles. The Labute approximate surface area is 135 Å². The lowest BCUT2D eigenvalue weighted by molar-refractivity contribution is 0.101. The third-order valence-corrected chi connectivity index (χ3v) is 4.26. The SMILES string of the molecule is CCCCCCCCCCCCc1ccc(O)c(C(C)=O)c1. The van der Waals surface area contributed by atoms with E-state index in [0.29, 0.717) is 5.56 Å². The third kappa shape index (κ3) is 7.63. The number of carbonyl (C=O) groups is 1. The zero-order valence-electron chi connectivity index (χ0n) is 14.4. The Morgan fingerprint density at radius 1 is 0.909 bits per heavy atom. The van der Waals surface area contributed by atoms with E-state index in [1.165, 1.54) is 64.7 Å². The predicted octanol–water partition coefficient (Wildman–Crippen LogP) is 6.06. The number of unbranched alkanes of at least 4 members (excludes halogenated alkanes) is 9. The lowest BCUT2D eigenvalue weighted by Crippen LogP contribution is -1.95. The maximum Gasteiger partial charge on any atom is 0.163 e. The van der Waals surface area contributed by atoms with Crippen molar-refractivity contribution in [3.05, 3.63) is 29.3 Å². The number of benzene rings is 1. The molecule has 0 amide bonds. The Kier molecular flexibility index (Phi) is 9.61. The normalized spacial score (nSPS) is 10.8. The molecule has 1 N–H and O–H groups in total. The Morgan fingerprint density at radius 3 is 2.00 bits per heavy atom. The molecule has 0 heterocycles. The second kappa shape index (κ2) is 11.3. The summed E-state index contributed by atoms with van der Waals surface area (Å²) in [7, 11) is 0. The van der Waals surface area contributed by atoms with Crippen LogP contribution in [0.1, 0.15) is 94.0 Å². The van der Waals surface area contributed by atoms with Gasteiger partial charge in [-0.2, -0.15) is 0 Å². The molecule has 0 aromatic heterocycles. The number of aryl methyl sites for hydroxylation is 1. The molecule has 0 unspecified atom stereocenters. The van der Waals surface area contributed by atoms with Crippen LogP contribution < -0.4 is 0 Å². The average molecular weight is 304 g/mol. The van der Waals surface area contributed by atoms with Gasteiger partial charge in [-0.1, -0.05) is 70.8 Å². The maximum atomic E-state index is 11.4. The number of ketones is 1. The summed E-state index contributed by atoms with van der Waals surface area (Å²) in [6.07, 6.45) is 14.3. The van der Waals surface area contributed by atoms with Gasteiger partial charge < -0.3 is 5.11 Å². The first-order valence-corrected chi connectivity index (χ1v) is 8.98. The van der Waals surface area contributed by atoms with E-state index in [-0.39, 0.29) is 11.5 Å². The lowest BCUT2D eigenvalue weighted by atomic mass is 10.0. The molecule has 0 aliphatic heterocycles. The Balaban J connectivity index is 2.10. The van der Waals surface area contributed by atoms with Gasteiger partial charge in [0, 0.05) is 0 Å². The van der Waals surface area contributed by atoms with E-state index in [4.69, 9.17) is 0 Å². The van der Waals surface area contributed by atoms with E-state index in [9.17, 15) is 9.90 Å². The monoisotopic (exact) mass is 304 g/mol. The molecule has 0 fully saturated rings. The first-order valence-electron chi connectivity index (χ1n) is 8.98. The van der Waals surface area contributed by atoms with Crippen LogP contribution in [0, 0.1) is 0 Å². The zero-order chi connectivity index (χ0) is 16.2. The summed E-state index contributed by atoms with van der Waals surface area (Å²) in [5.74, 6) is 0.0294. The van der Waals surface area contributed by atoms with E-state index in [1.807, 2.05) is 12.1 Å². The van der Waals surface area contributed by atoms with Gasteiger partial charge in [0.25, 0.3) is 0 Å². The molecular formula is C20H32O2. The molecule has 22 heavy (non-hydrogen) atoms. The molecule has 1 aromatic rings. The van der Waals surface area contributed by atoms with Crippen LogP contribution in [0.3, 0.4) is 0 Å². The van der Waals surface area contributed by atoms with Crippen molar-refractivity contribution in [1.82, 2.24) is 0 Å². The molecule has 0 bridgehead atoms. The molecule has 0 atom stereocenters. The number of Topliss-reactive ketones (excluding diaryl/α,β-unsaturated/α-hetero) is 1. The van der Waals surface area contributed by atoms with E-state index in [1.54, 1.807) is 6.07 Å². The predicted molar refractivity (Wildman–Crippen MR) is 93.7 cm³/mol. The number of rotatable bonds is 12. The van der Waals surface area contributed by atoms with Crippen LogP contribution in [0.2, 0.25) is 0 Å². The molecule has 2 nitrogen and oxygen atoms in total. The summed E-state index contributed by atoms with van der Waals surface area (Å²) in [6.45, 7) is 3.76. The van der Waals surface area contributed by atoms with Crippen molar-refractivity contribution in [3.8, 4) is 5.75 Å². The van der Waals surface area contributed by atoms with Gasteiger partial charge >= 0.3 is 0 Å². The summed E-state index contributed by atoms with van der Waals surface area (Å²) in [5, 5.41) is 9.63. The highest BCUT2D eigenvalue weighted by Gasteiger charge is 2.07.